The van der Waals surface area contributed by atoms with Gasteiger partial charge in [-0.05, 0) is 0 Å². The molecule has 8 heavy (non-hydrogen) atoms. The van der Waals surface area contributed by atoms with E-state index in [4.69, 9.17) is 0 Å². The fourth-order valence-corrected chi connectivity index (χ4v) is 2.16. The molecule has 0 atom stereocenters. The van der Waals surface area contributed by atoms with Gasteiger partial charge in [0.2, 0.25) is 0 Å². The van der Waals surface area contributed by atoms with Crippen molar-refractivity contribution in [3.63, 3.8) is 0 Å². The predicted octanol–water partition coefficient (Wildman–Crippen LogP) is -1.60. The molecule has 0 aromatic heterocycles. The van der Waals surface area contributed by atoms with E-state index in [2.05, 4.69) is 17.4 Å². The molecule has 0 aromatic rings. The molecular formula is C6H15IN-. The van der Waals surface area contributed by atoms with Crippen molar-refractivity contribution in [2.24, 2.45) is 0 Å². The third-order valence-electron chi connectivity index (χ3n) is 0.722. The van der Waals surface area contributed by atoms with Crippen molar-refractivity contribution in [2.45, 2.75) is 26.7 Å². The van der Waals surface area contributed by atoms with E-state index in [-0.39, 0.29) is 0 Å². The van der Waals surface area contributed by atoms with Crippen molar-refractivity contribution in [2.75, 3.05) is 11.0 Å². The van der Waals surface area contributed by atoms with Gasteiger partial charge < -0.3 is 0 Å². The molecule has 0 amide bonds. The summed E-state index contributed by atoms with van der Waals surface area (Å²) < 4.78 is 4.88. The van der Waals surface area contributed by atoms with Crippen LogP contribution < -0.4 is 25.0 Å². The average molecular weight is 228 g/mol. The number of nitrogens with one attached hydrogen (secondary N) is 1. The first-order valence-electron chi connectivity index (χ1n) is 3.22. The van der Waals surface area contributed by atoms with E-state index in [0.717, 1.165) is 0 Å². The first-order chi connectivity index (χ1) is 3.91. The summed E-state index contributed by atoms with van der Waals surface area (Å²) in [5, 5.41) is 0. The van der Waals surface area contributed by atoms with Gasteiger partial charge in [0.25, 0.3) is 0 Å². The van der Waals surface area contributed by atoms with Crippen LogP contribution in [0, 0.1) is 0 Å². The van der Waals surface area contributed by atoms with Crippen LogP contribution in [-0.2, 0) is 0 Å². The van der Waals surface area contributed by atoms with E-state index in [9.17, 15) is 0 Å². The molecule has 0 saturated heterocycles. The van der Waals surface area contributed by atoms with E-state index in [1.165, 1.54) is 23.8 Å². The quantitative estimate of drug-likeness (QED) is 0.259. The van der Waals surface area contributed by atoms with Crippen LogP contribution in [0.15, 0.2) is 0 Å². The van der Waals surface area contributed by atoms with Crippen molar-refractivity contribution in [1.29, 1.82) is 0 Å². The fraction of sp³-hybridized carbons (Fsp3) is 1.00. The van der Waals surface area contributed by atoms with Crippen molar-refractivity contribution in [3.8, 4) is 0 Å². The molecule has 0 radical (unpaired) electrons. The summed E-state index contributed by atoms with van der Waals surface area (Å²) in [6, 6.07) is 0. The second-order valence-electron chi connectivity index (χ2n) is 1.71. The van der Waals surface area contributed by atoms with Gasteiger partial charge in [-0.25, -0.2) is 0 Å². The Hall–Kier alpha value is 0.690. The Morgan fingerprint density at radius 3 is 2.50 bits per heavy atom. The Bertz CT molecular complexity index is 33.5. The molecule has 0 rings (SSSR count). The maximum absolute atomic E-state index is 3.45. The SMILES string of the molecule is CCCN[I-]CCC. The number of alkyl halides is 1. The maximum atomic E-state index is 3.45. The Kier molecular flexibility index (Phi) is 8.35. The Labute approximate surface area is 62.9 Å². The molecule has 2 heteroatoms. The molecule has 0 aromatic carbocycles. The summed E-state index contributed by atoms with van der Waals surface area (Å²) >= 11 is 0.368. The van der Waals surface area contributed by atoms with Crippen LogP contribution in [0.1, 0.15) is 26.7 Å². The molecule has 52 valence electrons. The minimum atomic E-state index is 0.368. The van der Waals surface area contributed by atoms with E-state index < -0.39 is 0 Å². The molecule has 0 unspecified atom stereocenters. The molecule has 0 fully saturated rings. The van der Waals surface area contributed by atoms with Crippen molar-refractivity contribution < 1.29 is 21.5 Å². The van der Waals surface area contributed by atoms with E-state index in [1.54, 1.807) is 0 Å². The fourth-order valence-electron chi connectivity index (χ4n) is 0.323. The Morgan fingerprint density at radius 2 is 2.00 bits per heavy atom. The first kappa shape index (κ1) is 8.69. The number of rotatable bonds is 5. The second kappa shape index (κ2) is 7.69. The topological polar surface area (TPSA) is 12.0 Å². The molecule has 1 N–H and O–H groups in total. The van der Waals surface area contributed by atoms with Gasteiger partial charge in [0.1, 0.15) is 0 Å². The second-order valence-corrected chi connectivity index (χ2v) is 4.31. The van der Waals surface area contributed by atoms with Crippen LogP contribution in [0.2, 0.25) is 0 Å². The zero-order chi connectivity index (χ0) is 6.24. The predicted molar refractivity (Wildman–Crippen MR) is 33.5 cm³/mol. The summed E-state index contributed by atoms with van der Waals surface area (Å²) in [6.07, 6.45) is 2.63. The van der Waals surface area contributed by atoms with Crippen LogP contribution in [0.3, 0.4) is 0 Å². The molecule has 0 aliphatic heterocycles. The third kappa shape index (κ3) is 6.69. The van der Waals surface area contributed by atoms with Crippen LogP contribution in [0.25, 0.3) is 0 Å². The van der Waals surface area contributed by atoms with E-state index in [0.29, 0.717) is 21.5 Å². The zero-order valence-corrected chi connectivity index (χ0v) is 7.86. The van der Waals surface area contributed by atoms with Gasteiger partial charge in [-0.15, -0.1) is 0 Å². The van der Waals surface area contributed by atoms with Gasteiger partial charge in [-0.2, -0.15) is 0 Å². The van der Waals surface area contributed by atoms with Gasteiger partial charge in [-0.1, -0.05) is 0 Å². The van der Waals surface area contributed by atoms with E-state index >= 15 is 0 Å². The van der Waals surface area contributed by atoms with Gasteiger partial charge >= 0.3 is 62.7 Å². The summed E-state index contributed by atoms with van der Waals surface area (Å²) in [7, 11) is 0. The van der Waals surface area contributed by atoms with Gasteiger partial charge in [0.15, 0.2) is 0 Å². The molecule has 0 bridgehead atoms. The van der Waals surface area contributed by atoms with Crippen LogP contribution in [-0.4, -0.2) is 11.0 Å². The monoisotopic (exact) mass is 228 g/mol. The van der Waals surface area contributed by atoms with Crippen molar-refractivity contribution in [1.82, 2.24) is 3.53 Å². The van der Waals surface area contributed by atoms with Crippen LogP contribution in [0.4, 0.5) is 0 Å². The molecule has 0 aliphatic carbocycles. The molecule has 0 spiro atoms. The van der Waals surface area contributed by atoms with Gasteiger partial charge in [0, 0.05) is 0 Å². The zero-order valence-electron chi connectivity index (χ0n) is 5.71. The summed E-state index contributed by atoms with van der Waals surface area (Å²) in [6.45, 7) is 5.68. The van der Waals surface area contributed by atoms with Crippen molar-refractivity contribution in [3.05, 3.63) is 0 Å². The Morgan fingerprint density at radius 1 is 1.25 bits per heavy atom. The average Bonchev–Trinajstić information content (AvgIpc) is 1.81. The van der Waals surface area contributed by atoms with E-state index in [1.807, 2.05) is 0 Å². The first-order valence-corrected chi connectivity index (χ1v) is 5.83. The van der Waals surface area contributed by atoms with Gasteiger partial charge in [0.05, 0.1) is 0 Å². The van der Waals surface area contributed by atoms with Crippen LogP contribution >= 0.6 is 0 Å². The number of hydrogen-bond acceptors (Lipinski definition) is 1. The molecule has 1 nitrogen and oxygen atoms in total. The van der Waals surface area contributed by atoms with Crippen LogP contribution in [0.5, 0.6) is 0 Å². The van der Waals surface area contributed by atoms with Crippen molar-refractivity contribution >= 4 is 0 Å². The minimum absolute atomic E-state index is 0.368. The number of hydrogen-bond donors (Lipinski definition) is 1. The molecule has 0 heterocycles. The molecule has 0 aliphatic rings. The number of halogens is 1. The molecular weight excluding hydrogens is 213 g/mol. The normalized spacial score (nSPS) is 10.2. The van der Waals surface area contributed by atoms with Gasteiger partial charge in [-0.3, -0.25) is 0 Å². The summed E-state index contributed by atoms with van der Waals surface area (Å²) in [4.78, 5) is 0. The Balaban J connectivity index is 2.53. The summed E-state index contributed by atoms with van der Waals surface area (Å²) in [5.41, 5.74) is 0. The standard InChI is InChI=1S/C6H15IN/c1-3-5-7-8-6-4-2/h8H,3-6H2,1-2H3/q-1. The third-order valence-corrected chi connectivity index (χ3v) is 3.42. The summed E-state index contributed by atoms with van der Waals surface area (Å²) in [5.74, 6) is 0. The molecule has 0 saturated carbocycles.